The van der Waals surface area contributed by atoms with E-state index in [-0.39, 0.29) is 11.3 Å². The third-order valence-corrected chi connectivity index (χ3v) is 6.73. The molecule has 1 unspecified atom stereocenters. The van der Waals surface area contributed by atoms with Crippen LogP contribution in [0.5, 0.6) is 0 Å². The SMILES string of the molecule is CC(OC(=O)CN1C(=O)NC2(CCC(C(C)(C)C)CC2)C1=O)C(=O)N(C)c1ccccc1. The molecule has 1 heterocycles. The first kappa shape index (κ1) is 23.8. The summed E-state index contributed by atoms with van der Waals surface area (Å²) in [6.45, 7) is 7.52. The van der Waals surface area contributed by atoms with E-state index in [1.54, 1.807) is 31.3 Å². The van der Waals surface area contributed by atoms with Gasteiger partial charge in [0.25, 0.3) is 11.8 Å². The number of carbonyl (C=O) groups is 4. The van der Waals surface area contributed by atoms with E-state index in [0.29, 0.717) is 24.4 Å². The molecular formula is C24H33N3O5. The van der Waals surface area contributed by atoms with Crippen molar-refractivity contribution in [3.8, 4) is 0 Å². The Labute approximate surface area is 189 Å². The van der Waals surface area contributed by atoms with Crippen molar-refractivity contribution in [2.75, 3.05) is 18.5 Å². The molecule has 0 aromatic heterocycles. The lowest BCUT2D eigenvalue weighted by molar-refractivity contribution is -0.156. The van der Waals surface area contributed by atoms with Gasteiger partial charge in [-0.2, -0.15) is 0 Å². The maximum Gasteiger partial charge on any atom is 0.327 e. The average Bonchev–Trinajstić information content (AvgIpc) is 2.96. The molecule has 8 heteroatoms. The Morgan fingerprint density at radius 2 is 1.78 bits per heavy atom. The molecule has 1 aromatic rings. The van der Waals surface area contributed by atoms with Crippen LogP contribution in [0.15, 0.2) is 30.3 Å². The van der Waals surface area contributed by atoms with Crippen LogP contribution < -0.4 is 10.2 Å². The first-order valence-corrected chi connectivity index (χ1v) is 11.1. The van der Waals surface area contributed by atoms with Crippen LogP contribution in [-0.2, 0) is 19.1 Å². The summed E-state index contributed by atoms with van der Waals surface area (Å²) in [5.74, 6) is -1.10. The van der Waals surface area contributed by atoms with Crippen LogP contribution in [-0.4, -0.2) is 54.0 Å². The smallest absolute Gasteiger partial charge is 0.327 e. The van der Waals surface area contributed by atoms with Crippen LogP contribution in [0.25, 0.3) is 0 Å². The number of para-hydroxylation sites is 1. The molecular weight excluding hydrogens is 410 g/mol. The van der Waals surface area contributed by atoms with Crippen LogP contribution in [0.1, 0.15) is 53.4 Å². The molecule has 1 aromatic carbocycles. The number of imide groups is 1. The molecule has 174 valence electrons. The molecule has 32 heavy (non-hydrogen) atoms. The van der Waals surface area contributed by atoms with E-state index in [2.05, 4.69) is 26.1 Å². The highest BCUT2D eigenvalue weighted by Crippen LogP contribution is 2.43. The summed E-state index contributed by atoms with van der Waals surface area (Å²) < 4.78 is 5.25. The lowest BCUT2D eigenvalue weighted by atomic mass is 9.67. The van der Waals surface area contributed by atoms with Crippen molar-refractivity contribution in [3.05, 3.63) is 30.3 Å². The topological polar surface area (TPSA) is 96.0 Å². The third kappa shape index (κ3) is 4.79. The summed E-state index contributed by atoms with van der Waals surface area (Å²) in [5, 5.41) is 2.82. The summed E-state index contributed by atoms with van der Waals surface area (Å²) in [6, 6.07) is 8.41. The second-order valence-corrected chi connectivity index (χ2v) is 9.91. The standard InChI is InChI=1S/C24H33N3O5/c1-16(20(29)26(5)18-9-7-6-8-10-18)32-19(28)15-27-21(30)24(25-22(27)31)13-11-17(12-14-24)23(2,3)4/h6-10,16-17H,11-15H2,1-5H3,(H,25,31). The summed E-state index contributed by atoms with van der Waals surface area (Å²) in [7, 11) is 1.59. The fourth-order valence-electron chi connectivity index (χ4n) is 4.60. The fraction of sp³-hybridized carbons (Fsp3) is 0.583. The number of likely N-dealkylation sites (N-methyl/N-ethyl adjacent to an activating group) is 1. The highest BCUT2D eigenvalue weighted by molar-refractivity contribution is 6.09. The second kappa shape index (κ2) is 8.92. The van der Waals surface area contributed by atoms with Crippen molar-refractivity contribution in [3.63, 3.8) is 0 Å². The average molecular weight is 444 g/mol. The minimum atomic E-state index is -1.05. The summed E-state index contributed by atoms with van der Waals surface area (Å²) >= 11 is 0. The fourth-order valence-corrected chi connectivity index (χ4v) is 4.60. The monoisotopic (exact) mass is 443 g/mol. The van der Waals surface area contributed by atoms with Crippen LogP contribution in [0.4, 0.5) is 10.5 Å². The van der Waals surface area contributed by atoms with Crippen molar-refractivity contribution >= 4 is 29.5 Å². The molecule has 1 N–H and O–H groups in total. The van der Waals surface area contributed by atoms with E-state index < -0.39 is 36.1 Å². The lowest BCUT2D eigenvalue weighted by Gasteiger charge is -2.40. The van der Waals surface area contributed by atoms with Crippen molar-refractivity contribution in [2.24, 2.45) is 11.3 Å². The number of esters is 1. The molecule has 1 aliphatic heterocycles. The summed E-state index contributed by atoms with van der Waals surface area (Å²) in [4.78, 5) is 52.9. The maximum atomic E-state index is 13.1. The number of nitrogens with zero attached hydrogens (tertiary/aromatic N) is 2. The van der Waals surface area contributed by atoms with Crippen LogP contribution in [0.3, 0.4) is 0 Å². The Morgan fingerprint density at radius 3 is 2.34 bits per heavy atom. The number of hydrogen-bond acceptors (Lipinski definition) is 5. The van der Waals surface area contributed by atoms with Gasteiger partial charge in [-0.1, -0.05) is 39.0 Å². The molecule has 1 aliphatic carbocycles. The maximum absolute atomic E-state index is 13.1. The molecule has 3 rings (SSSR count). The number of urea groups is 1. The molecule has 2 aliphatic rings. The van der Waals surface area contributed by atoms with Crippen molar-refractivity contribution in [1.29, 1.82) is 0 Å². The number of benzene rings is 1. The molecule has 2 fully saturated rings. The van der Waals surface area contributed by atoms with Crippen molar-refractivity contribution in [1.82, 2.24) is 10.2 Å². The molecule has 8 nitrogen and oxygen atoms in total. The van der Waals surface area contributed by atoms with Crippen LogP contribution in [0, 0.1) is 11.3 Å². The van der Waals surface area contributed by atoms with E-state index in [0.717, 1.165) is 17.7 Å². The Bertz CT molecular complexity index is 885. The second-order valence-electron chi connectivity index (χ2n) is 9.91. The number of hydrogen-bond donors (Lipinski definition) is 1. The van der Waals surface area contributed by atoms with Gasteiger partial charge in [0.15, 0.2) is 6.10 Å². The highest BCUT2D eigenvalue weighted by atomic mass is 16.5. The van der Waals surface area contributed by atoms with Gasteiger partial charge in [0.1, 0.15) is 12.1 Å². The third-order valence-electron chi connectivity index (χ3n) is 6.73. The summed E-state index contributed by atoms with van der Waals surface area (Å²) in [6.07, 6.45) is 1.74. The van der Waals surface area contributed by atoms with Gasteiger partial charge in [-0.15, -0.1) is 0 Å². The van der Waals surface area contributed by atoms with Gasteiger partial charge in [0, 0.05) is 12.7 Å². The lowest BCUT2D eigenvalue weighted by Crippen LogP contribution is -2.51. The van der Waals surface area contributed by atoms with Gasteiger partial charge >= 0.3 is 12.0 Å². The van der Waals surface area contributed by atoms with E-state index in [4.69, 9.17) is 4.74 Å². The number of amides is 4. The van der Waals surface area contributed by atoms with Gasteiger partial charge in [0.2, 0.25) is 0 Å². The minimum absolute atomic E-state index is 0.145. The highest BCUT2D eigenvalue weighted by Gasteiger charge is 2.53. The van der Waals surface area contributed by atoms with Crippen LogP contribution in [0.2, 0.25) is 0 Å². The largest absolute Gasteiger partial charge is 0.451 e. The number of anilines is 1. The molecule has 0 radical (unpaired) electrons. The van der Waals surface area contributed by atoms with E-state index in [9.17, 15) is 19.2 Å². The quantitative estimate of drug-likeness (QED) is 0.557. The molecule has 1 atom stereocenters. The molecule has 1 saturated carbocycles. The molecule has 1 spiro atoms. The van der Waals surface area contributed by atoms with E-state index in [1.807, 2.05) is 6.07 Å². The predicted octanol–water partition coefficient (Wildman–Crippen LogP) is 3.11. The number of carbonyl (C=O) groups excluding carboxylic acids is 4. The number of ether oxygens (including phenoxy) is 1. The predicted molar refractivity (Wildman–Crippen MR) is 120 cm³/mol. The van der Waals surface area contributed by atoms with Crippen molar-refractivity contribution < 1.29 is 23.9 Å². The van der Waals surface area contributed by atoms with E-state index in [1.165, 1.54) is 11.8 Å². The van der Waals surface area contributed by atoms with Gasteiger partial charge in [-0.05, 0) is 56.1 Å². The van der Waals surface area contributed by atoms with Gasteiger partial charge in [-0.3, -0.25) is 19.3 Å². The molecule has 1 saturated heterocycles. The minimum Gasteiger partial charge on any atom is -0.451 e. The first-order chi connectivity index (χ1) is 14.9. The van der Waals surface area contributed by atoms with Crippen LogP contribution >= 0.6 is 0 Å². The number of rotatable bonds is 5. The Morgan fingerprint density at radius 1 is 1.19 bits per heavy atom. The Balaban J connectivity index is 1.58. The number of nitrogens with one attached hydrogen (secondary N) is 1. The van der Waals surface area contributed by atoms with Gasteiger partial charge in [-0.25, -0.2) is 4.79 Å². The Hall–Kier alpha value is -2.90. The molecule has 0 bridgehead atoms. The Kier molecular flexibility index (Phi) is 6.62. The van der Waals surface area contributed by atoms with Gasteiger partial charge < -0.3 is 15.0 Å². The zero-order valence-corrected chi connectivity index (χ0v) is 19.5. The van der Waals surface area contributed by atoms with Gasteiger partial charge in [0.05, 0.1) is 0 Å². The summed E-state index contributed by atoms with van der Waals surface area (Å²) in [5.41, 5.74) is -0.122. The zero-order valence-electron chi connectivity index (χ0n) is 19.5. The zero-order chi connectivity index (χ0) is 23.7. The molecule has 4 amide bonds. The normalized spacial score (nSPS) is 24.3. The first-order valence-electron chi connectivity index (χ1n) is 11.1. The van der Waals surface area contributed by atoms with E-state index >= 15 is 0 Å². The van der Waals surface area contributed by atoms with Crippen molar-refractivity contribution in [2.45, 2.75) is 65.0 Å².